The molecular weight excluding hydrogens is 257 g/mol. The minimum absolute atomic E-state index is 0.226. The third-order valence-corrected chi connectivity index (χ3v) is 3.74. The zero-order valence-corrected chi connectivity index (χ0v) is 11.6. The van der Waals surface area contributed by atoms with E-state index in [-0.39, 0.29) is 17.8 Å². The minimum atomic E-state index is -0.411. The molecule has 0 aromatic heterocycles. The van der Waals surface area contributed by atoms with Gasteiger partial charge in [0.25, 0.3) is 0 Å². The molecule has 0 spiro atoms. The first-order valence-electron chi connectivity index (χ1n) is 7.24. The van der Waals surface area contributed by atoms with Crippen molar-refractivity contribution in [2.45, 2.75) is 38.1 Å². The van der Waals surface area contributed by atoms with Crippen molar-refractivity contribution in [1.29, 1.82) is 0 Å². The van der Waals surface area contributed by atoms with Crippen LogP contribution < -0.4 is 11.1 Å². The highest BCUT2D eigenvalue weighted by molar-refractivity contribution is 5.89. The van der Waals surface area contributed by atoms with E-state index in [2.05, 4.69) is 5.32 Å². The van der Waals surface area contributed by atoms with Gasteiger partial charge in [-0.2, -0.15) is 0 Å². The maximum Gasteiger partial charge on any atom is 0.322 e. The average Bonchev–Trinajstić information content (AvgIpc) is 2.96. The largest absolute Gasteiger partial charge is 0.330 e. The van der Waals surface area contributed by atoms with Crippen LogP contribution in [-0.2, 0) is 0 Å². The number of nitrogens with one attached hydrogen (secondary N) is 1. The predicted molar refractivity (Wildman–Crippen MR) is 78.1 cm³/mol. The number of amides is 2. The molecule has 0 radical (unpaired) electrons. The third kappa shape index (κ3) is 3.70. The van der Waals surface area contributed by atoms with Crippen LogP contribution in [0.2, 0.25) is 0 Å². The zero-order valence-electron chi connectivity index (χ0n) is 11.6. The van der Waals surface area contributed by atoms with Gasteiger partial charge in [0, 0.05) is 12.6 Å². The number of rotatable bonds is 5. The van der Waals surface area contributed by atoms with E-state index >= 15 is 0 Å². The first-order chi connectivity index (χ1) is 9.72. The van der Waals surface area contributed by atoms with Crippen molar-refractivity contribution in [1.82, 2.24) is 4.90 Å². The van der Waals surface area contributed by atoms with E-state index in [1.165, 1.54) is 6.07 Å². The molecule has 20 heavy (non-hydrogen) atoms. The molecule has 1 fully saturated rings. The van der Waals surface area contributed by atoms with Crippen molar-refractivity contribution in [2.24, 2.45) is 5.73 Å². The standard InChI is InChI=1S/C15H22FN3O/c16-13-8-3-4-9-14(13)18-15(20)19(11-5-10-17)12-6-1-2-7-12/h3-4,8-9,12H,1-2,5-7,10-11,17H2,(H,18,20). The Morgan fingerprint density at radius 2 is 2.05 bits per heavy atom. The Kier molecular flexibility index (Phi) is 5.35. The van der Waals surface area contributed by atoms with Gasteiger partial charge in [-0.25, -0.2) is 9.18 Å². The summed E-state index contributed by atoms with van der Waals surface area (Å²) in [6.45, 7) is 1.18. The van der Waals surface area contributed by atoms with Gasteiger partial charge in [0.1, 0.15) is 5.82 Å². The summed E-state index contributed by atoms with van der Waals surface area (Å²) in [5.41, 5.74) is 5.76. The third-order valence-electron chi connectivity index (χ3n) is 3.74. The van der Waals surface area contributed by atoms with Gasteiger partial charge in [0.15, 0.2) is 0 Å². The van der Waals surface area contributed by atoms with Crippen LogP contribution in [0.1, 0.15) is 32.1 Å². The summed E-state index contributed by atoms with van der Waals surface area (Å²) in [5.74, 6) is -0.411. The van der Waals surface area contributed by atoms with Crippen molar-refractivity contribution >= 4 is 11.7 Å². The Morgan fingerprint density at radius 1 is 1.35 bits per heavy atom. The second-order valence-corrected chi connectivity index (χ2v) is 5.18. The zero-order chi connectivity index (χ0) is 14.4. The Balaban J connectivity index is 2.03. The Hall–Kier alpha value is -1.62. The lowest BCUT2D eigenvalue weighted by Gasteiger charge is -2.29. The Bertz CT molecular complexity index is 446. The quantitative estimate of drug-likeness (QED) is 0.870. The van der Waals surface area contributed by atoms with Gasteiger partial charge in [-0.3, -0.25) is 0 Å². The summed E-state index contributed by atoms with van der Waals surface area (Å²) >= 11 is 0. The number of carbonyl (C=O) groups is 1. The number of halogens is 1. The van der Waals surface area contributed by atoms with Gasteiger partial charge in [0.05, 0.1) is 5.69 Å². The van der Waals surface area contributed by atoms with Crippen LogP contribution in [-0.4, -0.2) is 30.1 Å². The van der Waals surface area contributed by atoms with Crippen molar-refractivity contribution in [3.63, 3.8) is 0 Å². The number of anilines is 1. The number of nitrogens with zero attached hydrogens (tertiary/aromatic N) is 1. The van der Waals surface area contributed by atoms with Crippen molar-refractivity contribution < 1.29 is 9.18 Å². The van der Waals surface area contributed by atoms with E-state index < -0.39 is 5.82 Å². The van der Waals surface area contributed by atoms with Gasteiger partial charge in [0.2, 0.25) is 0 Å². The van der Waals surface area contributed by atoms with E-state index in [0.717, 1.165) is 32.1 Å². The fourth-order valence-electron chi connectivity index (χ4n) is 2.68. The lowest BCUT2D eigenvalue weighted by Crippen LogP contribution is -2.42. The van der Waals surface area contributed by atoms with E-state index in [4.69, 9.17) is 5.73 Å². The van der Waals surface area contributed by atoms with Crippen LogP contribution in [0.5, 0.6) is 0 Å². The second kappa shape index (κ2) is 7.24. The molecule has 1 aromatic carbocycles. The second-order valence-electron chi connectivity index (χ2n) is 5.18. The number of urea groups is 1. The summed E-state index contributed by atoms with van der Waals surface area (Å²) in [4.78, 5) is 14.2. The first-order valence-corrected chi connectivity index (χ1v) is 7.24. The lowest BCUT2D eigenvalue weighted by atomic mass is 10.2. The number of hydrogen-bond acceptors (Lipinski definition) is 2. The Labute approximate surface area is 119 Å². The molecule has 2 amide bonds. The average molecular weight is 279 g/mol. The van der Waals surface area contributed by atoms with Crippen molar-refractivity contribution in [2.75, 3.05) is 18.4 Å². The van der Waals surface area contributed by atoms with Gasteiger partial charge < -0.3 is 16.0 Å². The minimum Gasteiger partial charge on any atom is -0.330 e. The van der Waals surface area contributed by atoms with Crippen LogP contribution in [0.4, 0.5) is 14.9 Å². The molecule has 1 aliphatic carbocycles. The lowest BCUT2D eigenvalue weighted by molar-refractivity contribution is 0.188. The summed E-state index contributed by atoms with van der Waals surface area (Å²) in [6.07, 6.45) is 5.11. The molecule has 0 aliphatic heterocycles. The molecule has 1 aromatic rings. The van der Waals surface area contributed by atoms with Crippen LogP contribution in [0.25, 0.3) is 0 Å². The number of carbonyl (C=O) groups excluding carboxylic acids is 1. The van der Waals surface area contributed by atoms with Gasteiger partial charge in [-0.1, -0.05) is 25.0 Å². The van der Waals surface area contributed by atoms with Crippen LogP contribution >= 0.6 is 0 Å². The summed E-state index contributed by atoms with van der Waals surface area (Å²) < 4.78 is 13.6. The fourth-order valence-corrected chi connectivity index (χ4v) is 2.68. The topological polar surface area (TPSA) is 58.4 Å². The number of benzene rings is 1. The normalized spacial score (nSPS) is 15.3. The first kappa shape index (κ1) is 14.8. The van der Waals surface area contributed by atoms with Crippen molar-refractivity contribution in [3.8, 4) is 0 Å². The molecule has 0 bridgehead atoms. The van der Waals surface area contributed by atoms with E-state index in [0.29, 0.717) is 13.1 Å². The van der Waals surface area contributed by atoms with Crippen LogP contribution in [0.15, 0.2) is 24.3 Å². The highest BCUT2D eigenvalue weighted by Gasteiger charge is 2.26. The maximum absolute atomic E-state index is 13.6. The van der Waals surface area contributed by atoms with Gasteiger partial charge in [-0.05, 0) is 37.9 Å². The van der Waals surface area contributed by atoms with Crippen LogP contribution in [0, 0.1) is 5.82 Å². The number of nitrogens with two attached hydrogens (primary N) is 1. The van der Waals surface area contributed by atoms with E-state index in [1.807, 2.05) is 4.90 Å². The highest BCUT2D eigenvalue weighted by atomic mass is 19.1. The molecule has 3 N–H and O–H groups in total. The molecule has 0 heterocycles. The predicted octanol–water partition coefficient (Wildman–Crippen LogP) is 2.95. The number of para-hydroxylation sites is 1. The van der Waals surface area contributed by atoms with E-state index in [9.17, 15) is 9.18 Å². The molecule has 1 aliphatic rings. The van der Waals surface area contributed by atoms with E-state index in [1.54, 1.807) is 18.2 Å². The Morgan fingerprint density at radius 3 is 2.70 bits per heavy atom. The molecule has 5 heteroatoms. The van der Waals surface area contributed by atoms with Gasteiger partial charge >= 0.3 is 6.03 Å². The molecular formula is C15H22FN3O. The summed E-state index contributed by atoms with van der Waals surface area (Å²) in [7, 11) is 0. The monoisotopic (exact) mass is 279 g/mol. The highest BCUT2D eigenvalue weighted by Crippen LogP contribution is 2.24. The molecule has 0 atom stereocenters. The molecule has 4 nitrogen and oxygen atoms in total. The molecule has 2 rings (SSSR count). The molecule has 1 saturated carbocycles. The summed E-state index contributed by atoms with van der Waals surface area (Å²) in [6, 6.07) is 6.26. The number of hydrogen-bond donors (Lipinski definition) is 2. The van der Waals surface area contributed by atoms with Crippen molar-refractivity contribution in [3.05, 3.63) is 30.1 Å². The molecule has 0 saturated heterocycles. The fraction of sp³-hybridized carbons (Fsp3) is 0.533. The SMILES string of the molecule is NCCCN(C(=O)Nc1ccccc1F)C1CCCC1. The summed E-state index contributed by atoms with van der Waals surface area (Å²) in [5, 5.41) is 2.67. The molecule has 0 unspecified atom stereocenters. The van der Waals surface area contributed by atoms with Crippen LogP contribution in [0.3, 0.4) is 0 Å². The van der Waals surface area contributed by atoms with Gasteiger partial charge in [-0.15, -0.1) is 0 Å². The molecule has 110 valence electrons. The smallest absolute Gasteiger partial charge is 0.322 e. The maximum atomic E-state index is 13.6.